The van der Waals surface area contributed by atoms with Gasteiger partial charge in [0.1, 0.15) is 11.3 Å². The summed E-state index contributed by atoms with van der Waals surface area (Å²) in [6.07, 6.45) is 2.82. The molecule has 0 aliphatic carbocycles. The molecule has 2 heteroatoms. The maximum Gasteiger partial charge on any atom is 0.134 e. The molecule has 0 fully saturated rings. The van der Waals surface area contributed by atoms with E-state index in [0.717, 1.165) is 40.9 Å². The number of para-hydroxylation sites is 2. The van der Waals surface area contributed by atoms with Crippen LogP contribution in [0.25, 0.3) is 22.1 Å². The van der Waals surface area contributed by atoms with E-state index in [9.17, 15) is 0 Å². The lowest BCUT2D eigenvalue weighted by Crippen LogP contribution is -1.88. The van der Waals surface area contributed by atoms with E-state index in [4.69, 9.17) is 9.15 Å². The first-order valence-electron chi connectivity index (χ1n) is 6.15. The van der Waals surface area contributed by atoms with Gasteiger partial charge in [0.05, 0.1) is 12.9 Å². The zero-order valence-corrected chi connectivity index (χ0v) is 9.85. The van der Waals surface area contributed by atoms with Gasteiger partial charge in [0.2, 0.25) is 0 Å². The lowest BCUT2D eigenvalue weighted by atomic mass is 10.0. The molecule has 2 heterocycles. The summed E-state index contributed by atoms with van der Waals surface area (Å²) in [6.45, 7) is 0.780. The maximum absolute atomic E-state index is 5.76. The second-order valence-electron chi connectivity index (χ2n) is 4.54. The summed E-state index contributed by atoms with van der Waals surface area (Å²) < 4.78 is 11.4. The molecule has 0 spiro atoms. The van der Waals surface area contributed by atoms with Gasteiger partial charge < -0.3 is 9.15 Å². The lowest BCUT2D eigenvalue weighted by Gasteiger charge is -2.06. The highest BCUT2D eigenvalue weighted by Crippen LogP contribution is 2.40. The molecule has 0 unspecified atom stereocenters. The van der Waals surface area contributed by atoms with Gasteiger partial charge in [-0.25, -0.2) is 0 Å². The minimum atomic E-state index is 0.780. The number of ether oxygens (including phenoxy) is 1. The molecule has 18 heavy (non-hydrogen) atoms. The normalized spacial score (nSPS) is 13.6. The Morgan fingerprint density at radius 2 is 1.83 bits per heavy atom. The van der Waals surface area contributed by atoms with Gasteiger partial charge in [0.15, 0.2) is 0 Å². The van der Waals surface area contributed by atoms with Crippen LogP contribution in [0.5, 0.6) is 5.75 Å². The van der Waals surface area contributed by atoms with Crippen molar-refractivity contribution in [3.05, 3.63) is 54.3 Å². The summed E-state index contributed by atoms with van der Waals surface area (Å²) in [4.78, 5) is 0. The topological polar surface area (TPSA) is 22.4 Å². The van der Waals surface area contributed by atoms with Gasteiger partial charge in [0.25, 0.3) is 0 Å². The van der Waals surface area contributed by atoms with Gasteiger partial charge >= 0.3 is 0 Å². The predicted molar refractivity (Wildman–Crippen MR) is 70.8 cm³/mol. The Bertz CT molecular complexity index is 725. The first-order valence-corrected chi connectivity index (χ1v) is 6.15. The van der Waals surface area contributed by atoms with Gasteiger partial charge in [-0.15, -0.1) is 0 Å². The van der Waals surface area contributed by atoms with E-state index >= 15 is 0 Å². The zero-order chi connectivity index (χ0) is 11.9. The number of fused-ring (bicyclic) bond motifs is 2. The summed E-state index contributed by atoms with van der Waals surface area (Å²) in [5.74, 6) is 1.02. The average Bonchev–Trinajstić information content (AvgIpc) is 3.05. The third kappa shape index (κ3) is 1.29. The molecule has 0 amide bonds. The van der Waals surface area contributed by atoms with Crippen LogP contribution in [0.2, 0.25) is 0 Å². The molecular formula is C16H12O2. The monoisotopic (exact) mass is 236 g/mol. The van der Waals surface area contributed by atoms with Crippen molar-refractivity contribution in [1.29, 1.82) is 0 Å². The van der Waals surface area contributed by atoms with Crippen LogP contribution in [0.15, 0.2) is 53.1 Å². The van der Waals surface area contributed by atoms with Gasteiger partial charge in [-0.3, -0.25) is 0 Å². The molecule has 4 rings (SSSR count). The zero-order valence-electron chi connectivity index (χ0n) is 9.85. The fourth-order valence-corrected chi connectivity index (χ4v) is 2.61. The Hall–Kier alpha value is -2.22. The fourth-order valence-electron chi connectivity index (χ4n) is 2.61. The van der Waals surface area contributed by atoms with Crippen LogP contribution < -0.4 is 4.74 Å². The molecule has 88 valence electrons. The number of benzene rings is 2. The Balaban J connectivity index is 2.01. The van der Waals surface area contributed by atoms with Crippen LogP contribution in [-0.4, -0.2) is 6.61 Å². The van der Waals surface area contributed by atoms with Crippen LogP contribution in [0.1, 0.15) is 5.56 Å². The van der Waals surface area contributed by atoms with Crippen LogP contribution in [-0.2, 0) is 6.42 Å². The Kier molecular flexibility index (Phi) is 1.97. The maximum atomic E-state index is 5.76. The van der Waals surface area contributed by atoms with E-state index in [1.807, 2.05) is 24.5 Å². The second-order valence-corrected chi connectivity index (χ2v) is 4.54. The van der Waals surface area contributed by atoms with E-state index in [1.54, 1.807) is 0 Å². The van der Waals surface area contributed by atoms with Crippen molar-refractivity contribution in [1.82, 2.24) is 0 Å². The summed E-state index contributed by atoms with van der Waals surface area (Å²) in [5, 5.41) is 1.14. The molecule has 0 atom stereocenters. The van der Waals surface area contributed by atoms with Crippen molar-refractivity contribution >= 4 is 11.0 Å². The van der Waals surface area contributed by atoms with E-state index in [1.165, 1.54) is 5.56 Å². The van der Waals surface area contributed by atoms with Crippen molar-refractivity contribution in [3.8, 4) is 16.9 Å². The summed E-state index contributed by atoms with van der Waals surface area (Å²) in [5.41, 5.74) is 4.46. The van der Waals surface area contributed by atoms with Gasteiger partial charge in [-0.05, 0) is 11.6 Å². The number of furan rings is 1. The molecule has 2 aromatic carbocycles. The number of hydrogen-bond acceptors (Lipinski definition) is 2. The number of hydrogen-bond donors (Lipinski definition) is 0. The van der Waals surface area contributed by atoms with Gasteiger partial charge in [-0.2, -0.15) is 0 Å². The third-order valence-electron chi connectivity index (χ3n) is 3.49. The van der Waals surface area contributed by atoms with E-state index in [2.05, 4.69) is 24.3 Å². The van der Waals surface area contributed by atoms with Gasteiger partial charge in [-0.1, -0.05) is 36.4 Å². The molecule has 0 saturated heterocycles. The highest BCUT2D eigenvalue weighted by atomic mass is 16.5. The van der Waals surface area contributed by atoms with Crippen molar-refractivity contribution < 1.29 is 9.15 Å². The summed E-state index contributed by atoms with van der Waals surface area (Å²) in [6, 6.07) is 14.4. The highest BCUT2D eigenvalue weighted by Gasteiger charge is 2.19. The molecule has 0 saturated carbocycles. The molecule has 3 aromatic rings. The van der Waals surface area contributed by atoms with Crippen molar-refractivity contribution in [2.24, 2.45) is 0 Å². The molecule has 0 N–H and O–H groups in total. The summed E-state index contributed by atoms with van der Waals surface area (Å²) >= 11 is 0. The third-order valence-corrected chi connectivity index (χ3v) is 3.49. The minimum Gasteiger partial charge on any atom is -0.492 e. The first-order chi connectivity index (χ1) is 8.93. The Morgan fingerprint density at radius 3 is 2.83 bits per heavy atom. The fraction of sp³-hybridized carbons (Fsp3) is 0.125. The van der Waals surface area contributed by atoms with Crippen LogP contribution in [0.3, 0.4) is 0 Å². The molecule has 1 aromatic heterocycles. The first kappa shape index (κ1) is 9.77. The standard InChI is InChI=1S/C16H12O2/c1-2-7-15-12(5-1)14(10-18-15)13-6-3-4-11-8-9-17-16(11)13/h1-7,10H,8-9H2. The smallest absolute Gasteiger partial charge is 0.134 e. The SMILES string of the molecule is c1cc2c(c(-c3coc4ccccc34)c1)OCC2. The highest BCUT2D eigenvalue weighted by molar-refractivity contribution is 5.95. The number of rotatable bonds is 1. The quantitative estimate of drug-likeness (QED) is 0.636. The largest absolute Gasteiger partial charge is 0.492 e. The Morgan fingerprint density at radius 1 is 0.889 bits per heavy atom. The van der Waals surface area contributed by atoms with Crippen molar-refractivity contribution in [2.45, 2.75) is 6.42 Å². The van der Waals surface area contributed by atoms with Crippen LogP contribution >= 0.6 is 0 Å². The van der Waals surface area contributed by atoms with E-state index in [-0.39, 0.29) is 0 Å². The molecular weight excluding hydrogens is 224 g/mol. The average molecular weight is 236 g/mol. The molecule has 0 bridgehead atoms. The predicted octanol–water partition coefficient (Wildman–Crippen LogP) is 4.03. The van der Waals surface area contributed by atoms with Gasteiger partial charge in [0, 0.05) is 22.9 Å². The molecule has 0 radical (unpaired) electrons. The van der Waals surface area contributed by atoms with Crippen molar-refractivity contribution in [3.63, 3.8) is 0 Å². The molecule has 1 aliphatic rings. The molecule has 1 aliphatic heterocycles. The van der Waals surface area contributed by atoms with Crippen LogP contribution in [0, 0.1) is 0 Å². The summed E-state index contributed by atoms with van der Waals surface area (Å²) in [7, 11) is 0. The lowest BCUT2D eigenvalue weighted by molar-refractivity contribution is 0.358. The minimum absolute atomic E-state index is 0.780. The second kappa shape index (κ2) is 3.64. The van der Waals surface area contributed by atoms with Crippen molar-refractivity contribution in [2.75, 3.05) is 6.61 Å². The van der Waals surface area contributed by atoms with Crippen LogP contribution in [0.4, 0.5) is 0 Å². The molecule has 2 nitrogen and oxygen atoms in total. The van der Waals surface area contributed by atoms with E-state index in [0.29, 0.717) is 0 Å². The van der Waals surface area contributed by atoms with E-state index < -0.39 is 0 Å². The Labute approximate surface area is 105 Å².